The highest BCUT2D eigenvalue weighted by molar-refractivity contribution is 6.05. The predicted octanol–water partition coefficient (Wildman–Crippen LogP) is 5.12. The summed E-state index contributed by atoms with van der Waals surface area (Å²) in [5.41, 5.74) is 1.79. The SMILES string of the molecule is CNc1cc(N(C)C(=O)Nc2cc(C(=O)C3CCc4ccc(C(F)(F)F)cc4N3)ccc2C)ncn1. The van der Waals surface area contributed by atoms with Gasteiger partial charge < -0.3 is 16.0 Å². The number of urea groups is 1. The Bertz CT molecular complexity index is 1310. The van der Waals surface area contributed by atoms with Gasteiger partial charge in [0.15, 0.2) is 5.78 Å². The van der Waals surface area contributed by atoms with Crippen LogP contribution in [0.3, 0.4) is 0 Å². The molecule has 2 heterocycles. The Hall–Kier alpha value is -4.15. The summed E-state index contributed by atoms with van der Waals surface area (Å²) in [5.74, 6) is 0.656. The Kier molecular flexibility index (Phi) is 6.82. The number of anilines is 4. The Morgan fingerprint density at radius 1 is 1.11 bits per heavy atom. The maximum Gasteiger partial charge on any atom is 0.416 e. The summed E-state index contributed by atoms with van der Waals surface area (Å²) in [6.45, 7) is 1.79. The molecule has 11 heteroatoms. The number of alkyl halides is 3. The highest BCUT2D eigenvalue weighted by atomic mass is 19.4. The van der Waals surface area contributed by atoms with Crippen molar-refractivity contribution in [2.75, 3.05) is 34.9 Å². The van der Waals surface area contributed by atoms with Crippen LogP contribution in [0.15, 0.2) is 48.8 Å². The van der Waals surface area contributed by atoms with Gasteiger partial charge in [-0.2, -0.15) is 13.2 Å². The van der Waals surface area contributed by atoms with E-state index >= 15 is 0 Å². The van der Waals surface area contributed by atoms with Crippen LogP contribution >= 0.6 is 0 Å². The molecule has 2 aromatic carbocycles. The Morgan fingerprint density at radius 3 is 2.61 bits per heavy atom. The zero-order valence-electron chi connectivity index (χ0n) is 19.9. The lowest BCUT2D eigenvalue weighted by atomic mass is 9.91. The van der Waals surface area contributed by atoms with Crippen LogP contribution in [0.1, 0.15) is 33.5 Å². The van der Waals surface area contributed by atoms with E-state index in [2.05, 4.69) is 25.9 Å². The maximum atomic E-state index is 13.2. The quantitative estimate of drug-likeness (QED) is 0.422. The first-order valence-corrected chi connectivity index (χ1v) is 11.2. The number of nitrogens with one attached hydrogen (secondary N) is 3. The largest absolute Gasteiger partial charge is 0.416 e. The minimum absolute atomic E-state index is 0.267. The van der Waals surface area contributed by atoms with E-state index < -0.39 is 23.8 Å². The molecule has 188 valence electrons. The second-order valence-electron chi connectivity index (χ2n) is 8.50. The third kappa shape index (κ3) is 5.24. The lowest BCUT2D eigenvalue weighted by Crippen LogP contribution is -2.34. The monoisotopic (exact) mass is 498 g/mol. The van der Waals surface area contributed by atoms with Crippen molar-refractivity contribution in [3.63, 3.8) is 0 Å². The van der Waals surface area contributed by atoms with Crippen LogP contribution in [0.4, 0.5) is 41.0 Å². The van der Waals surface area contributed by atoms with E-state index in [4.69, 9.17) is 0 Å². The summed E-state index contributed by atoms with van der Waals surface area (Å²) in [5, 5.41) is 8.64. The number of amides is 2. The number of aryl methyl sites for hydroxylation is 2. The van der Waals surface area contributed by atoms with E-state index in [9.17, 15) is 22.8 Å². The van der Waals surface area contributed by atoms with Crippen molar-refractivity contribution >= 4 is 34.8 Å². The summed E-state index contributed by atoms with van der Waals surface area (Å²) >= 11 is 0. The smallest absolute Gasteiger partial charge is 0.375 e. The molecule has 0 bridgehead atoms. The molecular weight excluding hydrogens is 473 g/mol. The number of carbonyl (C=O) groups is 2. The third-order valence-electron chi connectivity index (χ3n) is 6.11. The number of carbonyl (C=O) groups excluding carboxylic acids is 2. The molecule has 0 spiro atoms. The highest BCUT2D eigenvalue weighted by Gasteiger charge is 2.33. The molecule has 0 radical (unpaired) electrons. The predicted molar refractivity (Wildman–Crippen MR) is 132 cm³/mol. The standard InChI is InChI=1S/C25H25F3N6O2/c1-14-4-5-16(10-19(14)33-24(36)34(3)22-12-21(29-2)30-13-31-22)23(35)18-9-7-15-6-8-17(25(26,27)28)11-20(15)32-18/h4-6,8,10-13,18,32H,7,9H2,1-3H3,(H,33,36)(H,29,30,31). The third-order valence-corrected chi connectivity index (χ3v) is 6.11. The fraction of sp³-hybridized carbons (Fsp3) is 0.280. The summed E-state index contributed by atoms with van der Waals surface area (Å²) in [4.78, 5) is 35.5. The topological polar surface area (TPSA) is 99.2 Å². The first-order valence-electron chi connectivity index (χ1n) is 11.2. The van der Waals surface area contributed by atoms with Crippen LogP contribution in [-0.4, -0.2) is 41.9 Å². The average molecular weight is 499 g/mol. The second-order valence-corrected chi connectivity index (χ2v) is 8.50. The first-order chi connectivity index (χ1) is 17.1. The number of fused-ring (bicyclic) bond motifs is 1. The number of aromatic nitrogens is 2. The molecular formula is C25H25F3N6O2. The molecule has 1 aliphatic heterocycles. The Morgan fingerprint density at radius 2 is 1.89 bits per heavy atom. The molecule has 1 aromatic heterocycles. The number of hydrogen-bond donors (Lipinski definition) is 3. The van der Waals surface area contributed by atoms with Crippen molar-refractivity contribution in [1.29, 1.82) is 0 Å². The molecule has 0 saturated heterocycles. The average Bonchev–Trinajstić information content (AvgIpc) is 2.87. The lowest BCUT2D eigenvalue weighted by Gasteiger charge is -2.27. The molecule has 1 aliphatic rings. The number of nitrogens with zero attached hydrogens (tertiary/aromatic N) is 3. The molecule has 1 unspecified atom stereocenters. The second kappa shape index (κ2) is 9.84. The van der Waals surface area contributed by atoms with E-state index in [0.29, 0.717) is 41.4 Å². The molecule has 4 rings (SSSR count). The molecule has 3 aromatic rings. The van der Waals surface area contributed by atoms with Gasteiger partial charge in [0.1, 0.15) is 18.0 Å². The number of rotatable bonds is 5. The van der Waals surface area contributed by atoms with Gasteiger partial charge in [-0.15, -0.1) is 0 Å². The van der Waals surface area contributed by atoms with Crippen LogP contribution in [-0.2, 0) is 12.6 Å². The molecule has 0 fully saturated rings. The van der Waals surface area contributed by atoms with E-state index in [1.807, 2.05) is 0 Å². The van der Waals surface area contributed by atoms with Gasteiger partial charge in [0.25, 0.3) is 0 Å². The van der Waals surface area contributed by atoms with Crippen molar-refractivity contribution < 1.29 is 22.8 Å². The van der Waals surface area contributed by atoms with Crippen LogP contribution in [0.5, 0.6) is 0 Å². The fourth-order valence-electron chi connectivity index (χ4n) is 3.94. The van der Waals surface area contributed by atoms with Crippen LogP contribution in [0, 0.1) is 6.92 Å². The van der Waals surface area contributed by atoms with Gasteiger partial charge in [-0.25, -0.2) is 14.8 Å². The van der Waals surface area contributed by atoms with Gasteiger partial charge in [0.2, 0.25) is 0 Å². The summed E-state index contributed by atoms with van der Waals surface area (Å²) in [6.07, 6.45) is -2.21. The molecule has 1 atom stereocenters. The molecule has 0 saturated carbocycles. The van der Waals surface area contributed by atoms with Crippen LogP contribution < -0.4 is 20.9 Å². The van der Waals surface area contributed by atoms with Crippen molar-refractivity contribution in [3.05, 3.63) is 71.0 Å². The van der Waals surface area contributed by atoms with Crippen molar-refractivity contribution in [2.24, 2.45) is 0 Å². The number of hydrogen-bond acceptors (Lipinski definition) is 6. The number of ketones is 1. The number of halogens is 3. The van der Waals surface area contributed by atoms with Gasteiger partial charge in [0.05, 0.1) is 11.6 Å². The van der Waals surface area contributed by atoms with E-state index in [-0.39, 0.29) is 5.78 Å². The van der Waals surface area contributed by atoms with Crippen molar-refractivity contribution in [3.8, 4) is 0 Å². The van der Waals surface area contributed by atoms with Gasteiger partial charge >= 0.3 is 12.2 Å². The zero-order valence-corrected chi connectivity index (χ0v) is 19.9. The van der Waals surface area contributed by atoms with Crippen molar-refractivity contribution in [1.82, 2.24) is 9.97 Å². The molecule has 36 heavy (non-hydrogen) atoms. The zero-order chi connectivity index (χ0) is 26.0. The molecule has 3 N–H and O–H groups in total. The summed E-state index contributed by atoms with van der Waals surface area (Å²) in [6, 6.07) is 8.93. The number of benzene rings is 2. The minimum atomic E-state index is -4.47. The van der Waals surface area contributed by atoms with Gasteiger partial charge in [-0.05, 0) is 49.1 Å². The summed E-state index contributed by atoms with van der Waals surface area (Å²) < 4.78 is 39.4. The van der Waals surface area contributed by atoms with E-state index in [1.54, 1.807) is 45.3 Å². The van der Waals surface area contributed by atoms with E-state index in [1.165, 1.54) is 17.3 Å². The number of Topliss-reactive ketones (excluding diaryl/α,β-unsaturated/α-hetero) is 1. The lowest BCUT2D eigenvalue weighted by molar-refractivity contribution is -0.137. The van der Waals surface area contributed by atoms with Crippen LogP contribution in [0.25, 0.3) is 0 Å². The van der Waals surface area contributed by atoms with Crippen LogP contribution in [0.2, 0.25) is 0 Å². The molecule has 0 aliphatic carbocycles. The first kappa shape index (κ1) is 25.0. The Balaban J connectivity index is 1.51. The normalized spacial score (nSPS) is 14.9. The van der Waals surface area contributed by atoms with Gasteiger partial charge in [-0.1, -0.05) is 18.2 Å². The maximum absolute atomic E-state index is 13.2. The minimum Gasteiger partial charge on any atom is -0.375 e. The van der Waals surface area contributed by atoms with Gasteiger partial charge in [-0.3, -0.25) is 9.69 Å². The summed E-state index contributed by atoms with van der Waals surface area (Å²) in [7, 11) is 3.26. The molecule has 8 nitrogen and oxygen atoms in total. The molecule has 2 amide bonds. The fourth-order valence-corrected chi connectivity index (χ4v) is 3.94. The van der Waals surface area contributed by atoms with Crippen molar-refractivity contribution in [2.45, 2.75) is 32.0 Å². The van der Waals surface area contributed by atoms with E-state index in [0.717, 1.165) is 23.3 Å². The Labute approximate surface area is 205 Å². The van der Waals surface area contributed by atoms with Gasteiger partial charge in [0, 0.05) is 37.1 Å². The highest BCUT2D eigenvalue weighted by Crippen LogP contribution is 2.35.